The van der Waals surface area contributed by atoms with Gasteiger partial charge in [-0.25, -0.2) is 4.68 Å². The highest BCUT2D eigenvalue weighted by Gasteiger charge is 2.24. The van der Waals surface area contributed by atoms with Crippen LogP contribution in [0.15, 0.2) is 60.7 Å². The number of amides is 1. The number of likely N-dealkylation sites (tertiary alicyclic amines) is 1. The van der Waals surface area contributed by atoms with Gasteiger partial charge in [-0.3, -0.25) is 4.79 Å². The Labute approximate surface area is 151 Å². The van der Waals surface area contributed by atoms with Crippen molar-refractivity contribution in [3.63, 3.8) is 0 Å². The number of rotatable bonds is 3. The molecule has 0 N–H and O–H groups in total. The molecule has 4 nitrogen and oxygen atoms in total. The predicted molar refractivity (Wildman–Crippen MR) is 99.1 cm³/mol. The first-order valence-electron chi connectivity index (χ1n) is 8.43. The third kappa shape index (κ3) is 3.17. The summed E-state index contributed by atoms with van der Waals surface area (Å²) in [5, 5.41) is 5.36. The Morgan fingerprint density at radius 2 is 1.64 bits per heavy atom. The summed E-state index contributed by atoms with van der Waals surface area (Å²) in [4.78, 5) is 14.9. The van der Waals surface area contributed by atoms with Gasteiger partial charge in [-0.15, -0.1) is 0 Å². The van der Waals surface area contributed by atoms with Crippen molar-refractivity contribution >= 4 is 17.5 Å². The number of carbonyl (C=O) groups is 1. The van der Waals surface area contributed by atoms with Crippen LogP contribution in [0.3, 0.4) is 0 Å². The van der Waals surface area contributed by atoms with Crippen LogP contribution >= 0.6 is 11.6 Å². The molecule has 0 saturated carbocycles. The van der Waals surface area contributed by atoms with Crippen molar-refractivity contribution in [2.24, 2.45) is 0 Å². The van der Waals surface area contributed by atoms with E-state index in [2.05, 4.69) is 0 Å². The van der Waals surface area contributed by atoms with Crippen LogP contribution in [0.1, 0.15) is 23.3 Å². The molecule has 2 aromatic carbocycles. The molecule has 0 spiro atoms. The van der Waals surface area contributed by atoms with Crippen molar-refractivity contribution in [3.8, 4) is 16.9 Å². The van der Waals surface area contributed by atoms with Gasteiger partial charge < -0.3 is 4.90 Å². The molecular weight excluding hydrogens is 334 g/mol. The maximum Gasteiger partial charge on any atom is 0.272 e. The Morgan fingerprint density at radius 1 is 0.960 bits per heavy atom. The van der Waals surface area contributed by atoms with Crippen LogP contribution in [0.2, 0.25) is 5.02 Å². The highest BCUT2D eigenvalue weighted by Crippen LogP contribution is 2.24. The van der Waals surface area contributed by atoms with Gasteiger partial charge in [0.15, 0.2) is 0 Å². The van der Waals surface area contributed by atoms with E-state index in [0.717, 1.165) is 42.9 Å². The Morgan fingerprint density at radius 3 is 2.32 bits per heavy atom. The minimum Gasteiger partial charge on any atom is -0.337 e. The van der Waals surface area contributed by atoms with Crippen LogP contribution in [-0.4, -0.2) is 33.7 Å². The lowest BCUT2D eigenvalue weighted by molar-refractivity contribution is 0.0784. The van der Waals surface area contributed by atoms with E-state index in [1.807, 2.05) is 65.6 Å². The maximum atomic E-state index is 13.0. The summed E-state index contributed by atoms with van der Waals surface area (Å²) in [7, 11) is 0. The van der Waals surface area contributed by atoms with Gasteiger partial charge in [0.1, 0.15) is 5.69 Å². The van der Waals surface area contributed by atoms with Crippen molar-refractivity contribution in [1.82, 2.24) is 14.7 Å². The smallest absolute Gasteiger partial charge is 0.272 e. The van der Waals surface area contributed by atoms with E-state index in [1.54, 1.807) is 4.68 Å². The number of nitrogens with zero attached hydrogens (tertiary/aromatic N) is 3. The molecule has 3 aromatic rings. The number of carbonyl (C=O) groups excluding carboxylic acids is 1. The first kappa shape index (κ1) is 15.9. The van der Waals surface area contributed by atoms with Crippen LogP contribution in [0.5, 0.6) is 0 Å². The van der Waals surface area contributed by atoms with Crippen LogP contribution in [0.25, 0.3) is 16.9 Å². The van der Waals surface area contributed by atoms with Crippen molar-refractivity contribution in [3.05, 3.63) is 71.4 Å². The summed E-state index contributed by atoms with van der Waals surface area (Å²) >= 11 is 6.00. The van der Waals surface area contributed by atoms with E-state index in [-0.39, 0.29) is 5.91 Å². The van der Waals surface area contributed by atoms with E-state index < -0.39 is 0 Å². The van der Waals surface area contributed by atoms with E-state index in [0.29, 0.717) is 10.7 Å². The molecule has 5 heteroatoms. The molecule has 1 fully saturated rings. The lowest BCUT2D eigenvalue weighted by atomic mass is 10.1. The molecule has 2 heterocycles. The average Bonchev–Trinajstić information content (AvgIpc) is 3.33. The average molecular weight is 352 g/mol. The third-order valence-electron chi connectivity index (χ3n) is 4.46. The lowest BCUT2D eigenvalue weighted by Crippen LogP contribution is -2.29. The minimum absolute atomic E-state index is 0.0298. The lowest BCUT2D eigenvalue weighted by Gasteiger charge is -2.16. The number of halogens is 1. The zero-order chi connectivity index (χ0) is 17.2. The Kier molecular flexibility index (Phi) is 4.28. The molecule has 0 atom stereocenters. The van der Waals surface area contributed by atoms with Gasteiger partial charge in [0, 0.05) is 23.7 Å². The van der Waals surface area contributed by atoms with E-state index in [4.69, 9.17) is 16.7 Å². The Bertz CT molecular complexity index is 881. The Balaban J connectivity index is 1.81. The molecule has 0 aliphatic carbocycles. The van der Waals surface area contributed by atoms with Crippen LogP contribution in [0.4, 0.5) is 0 Å². The van der Waals surface area contributed by atoms with E-state index in [9.17, 15) is 4.79 Å². The number of hydrogen-bond acceptors (Lipinski definition) is 2. The van der Waals surface area contributed by atoms with Crippen molar-refractivity contribution in [1.29, 1.82) is 0 Å². The molecule has 4 rings (SSSR count). The molecule has 1 saturated heterocycles. The van der Waals surface area contributed by atoms with Crippen molar-refractivity contribution < 1.29 is 4.79 Å². The van der Waals surface area contributed by atoms with Crippen LogP contribution in [0, 0.1) is 0 Å². The maximum absolute atomic E-state index is 13.0. The summed E-state index contributed by atoms with van der Waals surface area (Å²) in [6, 6.07) is 19.2. The number of benzene rings is 2. The quantitative estimate of drug-likeness (QED) is 0.700. The first-order valence-corrected chi connectivity index (χ1v) is 8.81. The van der Waals surface area contributed by atoms with E-state index >= 15 is 0 Å². The molecule has 1 amide bonds. The molecule has 0 unspecified atom stereocenters. The highest BCUT2D eigenvalue weighted by molar-refractivity contribution is 6.30. The van der Waals surface area contributed by atoms with Gasteiger partial charge in [0.25, 0.3) is 5.91 Å². The zero-order valence-corrected chi connectivity index (χ0v) is 14.5. The summed E-state index contributed by atoms with van der Waals surface area (Å²) in [5.74, 6) is 0.0298. The monoisotopic (exact) mass is 351 g/mol. The molecule has 1 aliphatic heterocycles. The first-order chi connectivity index (χ1) is 12.2. The third-order valence-corrected chi connectivity index (χ3v) is 4.71. The molecule has 126 valence electrons. The van der Waals surface area contributed by atoms with Gasteiger partial charge in [-0.2, -0.15) is 5.10 Å². The SMILES string of the molecule is O=C(c1cc(-c2ccccc2)nn1-c1ccc(Cl)cc1)N1CCCC1. The molecule has 1 aromatic heterocycles. The second kappa shape index (κ2) is 6.73. The van der Waals surface area contributed by atoms with Gasteiger partial charge in [0.2, 0.25) is 0 Å². The number of hydrogen-bond donors (Lipinski definition) is 0. The van der Waals surface area contributed by atoms with Crippen LogP contribution in [-0.2, 0) is 0 Å². The van der Waals surface area contributed by atoms with Crippen molar-refractivity contribution in [2.75, 3.05) is 13.1 Å². The van der Waals surface area contributed by atoms with E-state index in [1.165, 1.54) is 0 Å². The standard InChI is InChI=1S/C20H18ClN3O/c21-16-8-10-17(11-9-16)24-19(20(25)23-12-4-5-13-23)14-18(22-24)15-6-2-1-3-7-15/h1-3,6-11,14H,4-5,12-13H2. The van der Waals surface area contributed by atoms with Gasteiger partial charge >= 0.3 is 0 Å². The summed E-state index contributed by atoms with van der Waals surface area (Å²) in [6.07, 6.45) is 2.12. The largest absolute Gasteiger partial charge is 0.337 e. The van der Waals surface area contributed by atoms with Crippen LogP contribution < -0.4 is 0 Å². The summed E-state index contributed by atoms with van der Waals surface area (Å²) in [5.41, 5.74) is 3.20. The topological polar surface area (TPSA) is 38.1 Å². The minimum atomic E-state index is 0.0298. The molecule has 0 bridgehead atoms. The fraction of sp³-hybridized carbons (Fsp3) is 0.200. The highest BCUT2D eigenvalue weighted by atomic mass is 35.5. The summed E-state index contributed by atoms with van der Waals surface area (Å²) < 4.78 is 1.72. The molecule has 25 heavy (non-hydrogen) atoms. The second-order valence-corrected chi connectivity index (χ2v) is 6.60. The van der Waals surface area contributed by atoms with Gasteiger partial charge in [-0.05, 0) is 43.2 Å². The fourth-order valence-corrected chi connectivity index (χ4v) is 3.27. The fourth-order valence-electron chi connectivity index (χ4n) is 3.14. The second-order valence-electron chi connectivity index (χ2n) is 6.17. The normalized spacial score (nSPS) is 14.0. The summed E-state index contributed by atoms with van der Waals surface area (Å²) in [6.45, 7) is 1.62. The molecule has 0 radical (unpaired) electrons. The predicted octanol–water partition coefficient (Wildman–Crippen LogP) is 4.43. The number of aromatic nitrogens is 2. The van der Waals surface area contributed by atoms with Crippen molar-refractivity contribution in [2.45, 2.75) is 12.8 Å². The Hall–Kier alpha value is -2.59. The zero-order valence-electron chi connectivity index (χ0n) is 13.7. The molecule has 1 aliphatic rings. The van der Waals surface area contributed by atoms with Gasteiger partial charge in [0.05, 0.1) is 11.4 Å². The van der Waals surface area contributed by atoms with Gasteiger partial charge in [-0.1, -0.05) is 41.9 Å². The molecular formula is C20H18ClN3O.